The third kappa shape index (κ3) is 3.65. The average molecular weight is 186 g/mol. The zero-order valence-electron chi connectivity index (χ0n) is 6.52. The minimum Gasteiger partial charge on any atom is -0.249 e. The van der Waals surface area contributed by atoms with Crippen LogP contribution in [0.4, 0.5) is 0 Å². The van der Waals surface area contributed by atoms with Gasteiger partial charge in [0.05, 0.1) is 0 Å². The molecular weight excluding hydrogens is 176 g/mol. The van der Waals surface area contributed by atoms with E-state index in [-0.39, 0.29) is 0 Å². The Bertz CT molecular complexity index is 201. The quantitative estimate of drug-likeness (QED) is 0.531. The fourth-order valence-electron chi connectivity index (χ4n) is 0.509. The molecule has 0 aliphatic rings. The maximum absolute atomic E-state index is 4.17. The lowest BCUT2D eigenvalue weighted by Crippen LogP contribution is -1.95. The van der Waals surface area contributed by atoms with Crippen molar-refractivity contribution in [3.63, 3.8) is 0 Å². The van der Waals surface area contributed by atoms with Crippen LogP contribution in [0.3, 0.4) is 0 Å². The van der Waals surface area contributed by atoms with Crippen LogP contribution < -0.4 is 0 Å². The molecule has 0 aliphatic heterocycles. The maximum atomic E-state index is 4.17. The van der Waals surface area contributed by atoms with Crippen LogP contribution in [0.2, 0.25) is 0 Å². The van der Waals surface area contributed by atoms with Crippen LogP contribution in [0.1, 0.15) is 0 Å². The van der Waals surface area contributed by atoms with E-state index in [4.69, 9.17) is 0 Å². The topological polar surface area (TPSA) is 16.1 Å². The number of hydrogen-bond donors (Lipinski definition) is 0. The normalized spacial score (nSPS) is 10.5. The monoisotopic (exact) mass is 186 g/mol. The van der Waals surface area contributed by atoms with Crippen molar-refractivity contribution in [3.05, 3.63) is 24.4 Å². The van der Waals surface area contributed by atoms with Crippen LogP contribution in [0.5, 0.6) is 0 Å². The van der Waals surface area contributed by atoms with E-state index in [1.807, 2.05) is 36.6 Å². The second kappa shape index (κ2) is 4.64. The van der Waals surface area contributed by atoms with Crippen LogP contribution >= 0.6 is 21.8 Å². The molecule has 1 rings (SSSR count). The van der Waals surface area contributed by atoms with Gasteiger partial charge in [-0.25, -0.2) is 9.29 Å². The molecule has 0 radical (unpaired) electrons. The first-order chi connectivity index (χ1) is 5.29. The van der Waals surface area contributed by atoms with Crippen molar-refractivity contribution in [2.24, 2.45) is 0 Å². The number of hydrogen-bond acceptors (Lipinski definition) is 4. The minimum absolute atomic E-state index is 1.05. The smallest absolute Gasteiger partial charge is 0.108 e. The van der Waals surface area contributed by atoms with Gasteiger partial charge >= 0.3 is 0 Å². The summed E-state index contributed by atoms with van der Waals surface area (Å²) in [5.41, 5.74) is 0. The molecule has 0 bridgehead atoms. The molecular formula is C7H10N2S2. The Morgan fingerprint density at radius 1 is 1.36 bits per heavy atom. The van der Waals surface area contributed by atoms with E-state index in [1.54, 1.807) is 28.0 Å². The van der Waals surface area contributed by atoms with E-state index in [9.17, 15) is 0 Å². The number of aromatic nitrogens is 1. The van der Waals surface area contributed by atoms with Crippen molar-refractivity contribution < 1.29 is 0 Å². The molecule has 0 saturated heterocycles. The second-order valence-electron chi connectivity index (χ2n) is 2.14. The molecule has 0 fully saturated rings. The Morgan fingerprint density at radius 3 is 2.73 bits per heavy atom. The molecule has 0 unspecified atom stereocenters. The van der Waals surface area contributed by atoms with E-state index >= 15 is 0 Å². The number of nitrogens with zero attached hydrogens (tertiary/aromatic N) is 2. The van der Waals surface area contributed by atoms with Gasteiger partial charge < -0.3 is 0 Å². The molecule has 60 valence electrons. The molecule has 1 aromatic heterocycles. The van der Waals surface area contributed by atoms with Crippen molar-refractivity contribution in [2.45, 2.75) is 5.03 Å². The zero-order chi connectivity index (χ0) is 8.10. The van der Waals surface area contributed by atoms with Crippen molar-refractivity contribution in [3.8, 4) is 0 Å². The van der Waals surface area contributed by atoms with Gasteiger partial charge in [0.1, 0.15) is 5.03 Å². The summed E-state index contributed by atoms with van der Waals surface area (Å²) in [6.45, 7) is 0. The Hall–Kier alpha value is -0.190. The van der Waals surface area contributed by atoms with E-state index in [0.717, 1.165) is 5.03 Å². The predicted octanol–water partition coefficient (Wildman–Crippen LogP) is 2.30. The van der Waals surface area contributed by atoms with Crippen LogP contribution in [0, 0.1) is 0 Å². The first kappa shape index (κ1) is 8.90. The predicted molar refractivity (Wildman–Crippen MR) is 51.4 cm³/mol. The summed E-state index contributed by atoms with van der Waals surface area (Å²) in [7, 11) is 7.36. The molecule has 2 nitrogen and oxygen atoms in total. The van der Waals surface area contributed by atoms with Gasteiger partial charge in [-0.1, -0.05) is 6.07 Å². The summed E-state index contributed by atoms with van der Waals surface area (Å²) in [4.78, 5) is 4.17. The van der Waals surface area contributed by atoms with Gasteiger partial charge in [0.15, 0.2) is 0 Å². The van der Waals surface area contributed by atoms with Crippen LogP contribution in [-0.2, 0) is 0 Å². The molecule has 0 saturated carbocycles. The summed E-state index contributed by atoms with van der Waals surface area (Å²) in [5, 5.41) is 1.05. The Kier molecular flexibility index (Phi) is 3.76. The lowest BCUT2D eigenvalue weighted by atomic mass is 10.5. The van der Waals surface area contributed by atoms with Gasteiger partial charge in [-0.2, -0.15) is 0 Å². The van der Waals surface area contributed by atoms with Gasteiger partial charge in [-0.05, 0) is 48.0 Å². The van der Waals surface area contributed by atoms with Crippen LogP contribution in [0.15, 0.2) is 29.4 Å². The standard InChI is InChI=1S/C7H10N2S2/c1-9(2)11-10-7-5-3-4-6-8-7/h3-6H,1-2H3. The lowest BCUT2D eigenvalue weighted by molar-refractivity contribution is 0.711. The summed E-state index contributed by atoms with van der Waals surface area (Å²) >= 11 is 0. The fraction of sp³-hybridized carbons (Fsp3) is 0.286. The molecule has 4 heteroatoms. The SMILES string of the molecule is CN(C)SSc1ccccn1. The highest BCUT2D eigenvalue weighted by molar-refractivity contribution is 8.75. The molecule has 0 N–H and O–H groups in total. The van der Waals surface area contributed by atoms with Crippen LogP contribution in [0.25, 0.3) is 0 Å². The molecule has 0 aliphatic carbocycles. The Balaban J connectivity index is 2.39. The van der Waals surface area contributed by atoms with Gasteiger partial charge in [-0.15, -0.1) is 0 Å². The van der Waals surface area contributed by atoms with Gasteiger partial charge in [0.25, 0.3) is 0 Å². The second-order valence-corrected chi connectivity index (χ2v) is 4.55. The van der Waals surface area contributed by atoms with Gasteiger partial charge in [-0.3, -0.25) is 0 Å². The number of pyridine rings is 1. The largest absolute Gasteiger partial charge is 0.249 e. The van der Waals surface area contributed by atoms with E-state index in [1.165, 1.54) is 0 Å². The third-order valence-corrected chi connectivity index (χ3v) is 3.32. The highest BCUT2D eigenvalue weighted by atomic mass is 33.1. The van der Waals surface area contributed by atoms with E-state index < -0.39 is 0 Å². The summed E-state index contributed by atoms with van der Waals surface area (Å²) in [5.74, 6) is 0. The first-order valence-corrected chi connectivity index (χ1v) is 5.33. The lowest BCUT2D eigenvalue weighted by Gasteiger charge is -2.05. The van der Waals surface area contributed by atoms with Crippen molar-refractivity contribution in [1.29, 1.82) is 0 Å². The summed E-state index contributed by atoms with van der Waals surface area (Å²) in [6, 6.07) is 5.91. The highest BCUT2D eigenvalue weighted by Gasteiger charge is 1.94. The van der Waals surface area contributed by atoms with Crippen molar-refractivity contribution in [2.75, 3.05) is 14.1 Å². The molecule has 0 amide bonds. The zero-order valence-corrected chi connectivity index (χ0v) is 8.15. The summed E-state index contributed by atoms with van der Waals surface area (Å²) < 4.78 is 2.04. The van der Waals surface area contributed by atoms with Crippen LogP contribution in [-0.4, -0.2) is 23.4 Å². The average Bonchev–Trinajstić information content (AvgIpc) is 2.03. The Morgan fingerprint density at radius 2 is 2.18 bits per heavy atom. The third-order valence-electron chi connectivity index (χ3n) is 0.909. The molecule has 0 spiro atoms. The van der Waals surface area contributed by atoms with Crippen molar-refractivity contribution in [1.82, 2.24) is 9.29 Å². The highest BCUT2D eigenvalue weighted by Crippen LogP contribution is 2.29. The van der Waals surface area contributed by atoms with E-state index in [2.05, 4.69) is 4.98 Å². The van der Waals surface area contributed by atoms with E-state index in [0.29, 0.717) is 0 Å². The molecule has 1 heterocycles. The first-order valence-electron chi connectivity index (χ1n) is 3.22. The molecule has 0 aromatic carbocycles. The fourth-order valence-corrected chi connectivity index (χ4v) is 1.94. The molecule has 0 atom stereocenters. The molecule has 1 aromatic rings. The number of rotatable bonds is 3. The van der Waals surface area contributed by atoms with Gasteiger partial charge in [0, 0.05) is 6.20 Å². The van der Waals surface area contributed by atoms with Crippen molar-refractivity contribution >= 4 is 21.8 Å². The summed E-state index contributed by atoms with van der Waals surface area (Å²) in [6.07, 6.45) is 1.80. The minimum atomic E-state index is 1.05. The molecule has 11 heavy (non-hydrogen) atoms. The Labute approximate surface area is 74.9 Å². The van der Waals surface area contributed by atoms with Gasteiger partial charge in [0.2, 0.25) is 0 Å². The maximum Gasteiger partial charge on any atom is 0.108 e.